The fraction of sp³-hybridized carbons (Fsp3) is 0.294. The first-order valence-electron chi connectivity index (χ1n) is 7.30. The molecule has 7 heteroatoms. The Bertz CT molecular complexity index is 836. The second kappa shape index (κ2) is 6.66. The molecule has 2 aromatic rings. The lowest BCUT2D eigenvalue weighted by Gasteiger charge is -2.06. The van der Waals surface area contributed by atoms with Crippen molar-refractivity contribution in [2.45, 2.75) is 20.8 Å². The third kappa shape index (κ3) is 3.34. The van der Waals surface area contributed by atoms with Crippen LogP contribution >= 0.6 is 0 Å². The molecule has 0 unspecified atom stereocenters. The average molecular weight is 330 g/mol. The van der Waals surface area contributed by atoms with Crippen molar-refractivity contribution < 1.29 is 19.2 Å². The molecule has 7 nitrogen and oxygen atoms in total. The van der Waals surface area contributed by atoms with Crippen LogP contribution in [0.25, 0.3) is 0 Å². The van der Waals surface area contributed by atoms with E-state index < -0.39 is 17.5 Å². The number of carbonyl (C=O) groups excluding carboxylic acids is 2. The number of ketones is 1. The Morgan fingerprint density at radius 1 is 1.21 bits per heavy atom. The summed E-state index contributed by atoms with van der Waals surface area (Å²) < 4.78 is 6.88. The second-order valence-electron chi connectivity index (χ2n) is 5.60. The molecule has 0 spiro atoms. The summed E-state index contributed by atoms with van der Waals surface area (Å²) in [4.78, 5) is 34.6. The number of carbonyl (C=O) groups is 2. The Morgan fingerprint density at radius 3 is 2.42 bits per heavy atom. The van der Waals surface area contributed by atoms with Crippen molar-refractivity contribution in [3.05, 3.63) is 62.5 Å². The highest BCUT2D eigenvalue weighted by Crippen LogP contribution is 2.20. The fourth-order valence-electron chi connectivity index (χ4n) is 2.36. The standard InChI is InChI=1S/C17H18N2O5/c1-10-5-6-13(8-15(10)19(22)23)17(21)24-9-16(20)14-7-11(2)18(4)12(14)3/h5-8H,9H2,1-4H3. The van der Waals surface area contributed by atoms with Gasteiger partial charge in [-0.25, -0.2) is 4.79 Å². The van der Waals surface area contributed by atoms with Crippen LogP contribution in [0.5, 0.6) is 0 Å². The average Bonchev–Trinajstić information content (AvgIpc) is 2.80. The molecule has 0 aliphatic heterocycles. The summed E-state index contributed by atoms with van der Waals surface area (Å²) in [6, 6.07) is 5.80. The molecule has 1 aromatic carbocycles. The molecule has 0 atom stereocenters. The van der Waals surface area contributed by atoms with Gasteiger partial charge in [0.1, 0.15) is 0 Å². The molecule has 0 amide bonds. The lowest BCUT2D eigenvalue weighted by molar-refractivity contribution is -0.385. The number of rotatable bonds is 5. The molecule has 0 N–H and O–H groups in total. The molecule has 1 heterocycles. The van der Waals surface area contributed by atoms with E-state index in [1.54, 1.807) is 13.0 Å². The predicted molar refractivity (Wildman–Crippen MR) is 87.3 cm³/mol. The van der Waals surface area contributed by atoms with Gasteiger partial charge in [0.25, 0.3) is 5.69 Å². The molecule has 0 bridgehead atoms. The highest BCUT2D eigenvalue weighted by atomic mass is 16.6. The summed E-state index contributed by atoms with van der Waals surface area (Å²) in [6.07, 6.45) is 0. The van der Waals surface area contributed by atoms with Gasteiger partial charge in [-0.1, -0.05) is 6.07 Å². The number of hydrogen-bond donors (Lipinski definition) is 0. The SMILES string of the molecule is Cc1ccc(C(=O)OCC(=O)c2cc(C)n(C)c2C)cc1[N+](=O)[O-]. The summed E-state index contributed by atoms with van der Waals surface area (Å²) in [5.41, 5.74) is 2.54. The van der Waals surface area contributed by atoms with Crippen molar-refractivity contribution in [1.29, 1.82) is 0 Å². The molecule has 0 saturated heterocycles. The number of Topliss-reactive ketones (excluding diaryl/α,β-unsaturated/α-hetero) is 1. The van der Waals surface area contributed by atoms with Gasteiger partial charge in [-0.15, -0.1) is 0 Å². The van der Waals surface area contributed by atoms with Crippen LogP contribution in [0.3, 0.4) is 0 Å². The Morgan fingerprint density at radius 2 is 1.88 bits per heavy atom. The molecule has 0 saturated carbocycles. The Hall–Kier alpha value is -2.96. The van der Waals surface area contributed by atoms with Crippen molar-refractivity contribution in [3.63, 3.8) is 0 Å². The lowest BCUT2D eigenvalue weighted by Crippen LogP contribution is -2.15. The number of aryl methyl sites for hydroxylation is 2. The zero-order valence-corrected chi connectivity index (χ0v) is 14.0. The first-order chi connectivity index (χ1) is 11.2. The summed E-state index contributed by atoms with van der Waals surface area (Å²) in [7, 11) is 1.85. The minimum absolute atomic E-state index is 0.0427. The van der Waals surface area contributed by atoms with Crippen molar-refractivity contribution in [2.75, 3.05) is 6.61 Å². The van der Waals surface area contributed by atoms with E-state index in [1.807, 2.05) is 25.5 Å². The quantitative estimate of drug-likeness (QED) is 0.364. The molecule has 1 aromatic heterocycles. The Labute approximate surface area is 139 Å². The van der Waals surface area contributed by atoms with Gasteiger partial charge >= 0.3 is 5.97 Å². The summed E-state index contributed by atoms with van der Waals surface area (Å²) in [5.74, 6) is -1.08. The van der Waals surface area contributed by atoms with Crippen LogP contribution in [0.15, 0.2) is 24.3 Å². The minimum atomic E-state index is -0.767. The van der Waals surface area contributed by atoms with Gasteiger partial charge in [0, 0.05) is 35.6 Å². The summed E-state index contributed by atoms with van der Waals surface area (Å²) >= 11 is 0. The highest BCUT2D eigenvalue weighted by molar-refractivity contribution is 6.00. The van der Waals surface area contributed by atoms with E-state index >= 15 is 0 Å². The normalized spacial score (nSPS) is 10.5. The number of benzene rings is 1. The molecule has 0 radical (unpaired) electrons. The third-order valence-corrected chi connectivity index (χ3v) is 4.05. The molecular formula is C17H18N2O5. The zero-order chi connectivity index (χ0) is 18.0. The monoisotopic (exact) mass is 330 g/mol. The predicted octanol–water partition coefficient (Wildman–Crippen LogP) is 2.90. The van der Waals surface area contributed by atoms with Gasteiger partial charge in [0.2, 0.25) is 5.78 Å². The molecule has 126 valence electrons. The number of hydrogen-bond acceptors (Lipinski definition) is 5. The van der Waals surface area contributed by atoms with Crippen LogP contribution in [0, 0.1) is 30.9 Å². The lowest BCUT2D eigenvalue weighted by atomic mass is 10.1. The van der Waals surface area contributed by atoms with Crippen LogP contribution in [0.2, 0.25) is 0 Å². The van der Waals surface area contributed by atoms with Gasteiger partial charge in [0.05, 0.1) is 10.5 Å². The maximum absolute atomic E-state index is 12.2. The van der Waals surface area contributed by atoms with Crippen molar-refractivity contribution in [2.24, 2.45) is 7.05 Å². The molecule has 0 fully saturated rings. The van der Waals surface area contributed by atoms with E-state index in [0.717, 1.165) is 17.5 Å². The van der Waals surface area contributed by atoms with E-state index in [0.29, 0.717) is 11.1 Å². The number of esters is 1. The van der Waals surface area contributed by atoms with Gasteiger partial charge in [-0.2, -0.15) is 0 Å². The highest BCUT2D eigenvalue weighted by Gasteiger charge is 2.19. The van der Waals surface area contributed by atoms with E-state index in [2.05, 4.69) is 0 Å². The van der Waals surface area contributed by atoms with Crippen molar-refractivity contribution in [1.82, 2.24) is 4.57 Å². The van der Waals surface area contributed by atoms with E-state index in [4.69, 9.17) is 4.74 Å². The fourth-order valence-corrected chi connectivity index (χ4v) is 2.36. The van der Waals surface area contributed by atoms with Gasteiger partial charge in [0.15, 0.2) is 6.61 Å². The maximum atomic E-state index is 12.2. The van der Waals surface area contributed by atoms with Crippen LogP contribution in [0.4, 0.5) is 5.69 Å². The smallest absolute Gasteiger partial charge is 0.338 e. The molecular weight excluding hydrogens is 312 g/mol. The molecule has 0 aliphatic carbocycles. The zero-order valence-electron chi connectivity index (χ0n) is 14.0. The molecule has 24 heavy (non-hydrogen) atoms. The Balaban J connectivity index is 2.10. The molecule has 2 rings (SSSR count). The Kier molecular flexibility index (Phi) is 4.82. The van der Waals surface area contributed by atoms with Crippen molar-refractivity contribution in [3.8, 4) is 0 Å². The third-order valence-electron chi connectivity index (χ3n) is 4.05. The van der Waals surface area contributed by atoms with Gasteiger partial charge in [-0.3, -0.25) is 14.9 Å². The minimum Gasteiger partial charge on any atom is -0.454 e. The number of aromatic nitrogens is 1. The molecule has 0 aliphatic rings. The van der Waals surface area contributed by atoms with E-state index in [9.17, 15) is 19.7 Å². The number of nitrogens with zero attached hydrogens (tertiary/aromatic N) is 2. The van der Waals surface area contributed by atoms with E-state index in [-0.39, 0.29) is 17.0 Å². The van der Waals surface area contributed by atoms with Gasteiger partial charge < -0.3 is 9.30 Å². The largest absolute Gasteiger partial charge is 0.454 e. The number of nitro groups is 1. The van der Waals surface area contributed by atoms with Crippen LogP contribution in [-0.4, -0.2) is 27.8 Å². The van der Waals surface area contributed by atoms with Gasteiger partial charge in [-0.05, 0) is 32.9 Å². The first-order valence-corrected chi connectivity index (χ1v) is 7.30. The number of nitro benzene ring substituents is 1. The van der Waals surface area contributed by atoms with Crippen molar-refractivity contribution >= 4 is 17.4 Å². The topological polar surface area (TPSA) is 91.4 Å². The van der Waals surface area contributed by atoms with Crippen LogP contribution in [0.1, 0.15) is 37.7 Å². The van der Waals surface area contributed by atoms with Crippen LogP contribution in [-0.2, 0) is 11.8 Å². The second-order valence-corrected chi connectivity index (χ2v) is 5.60. The number of ether oxygens (including phenoxy) is 1. The first kappa shape index (κ1) is 17.4. The summed E-state index contributed by atoms with van der Waals surface area (Å²) in [5, 5.41) is 10.9. The summed E-state index contributed by atoms with van der Waals surface area (Å²) in [6.45, 7) is 4.86. The maximum Gasteiger partial charge on any atom is 0.338 e. The van der Waals surface area contributed by atoms with E-state index in [1.165, 1.54) is 12.1 Å². The van der Waals surface area contributed by atoms with Crippen LogP contribution < -0.4 is 0 Å².